The van der Waals surface area contributed by atoms with Gasteiger partial charge >= 0.3 is 0 Å². The minimum Gasteiger partial charge on any atom is -0.376 e. The fourth-order valence-corrected chi connectivity index (χ4v) is 1.40. The fraction of sp³-hybridized carbons (Fsp3) is 0.462. The summed E-state index contributed by atoms with van der Waals surface area (Å²) in [6, 6.07) is 4.69. The van der Waals surface area contributed by atoms with Gasteiger partial charge in [-0.1, -0.05) is 0 Å². The van der Waals surface area contributed by atoms with Gasteiger partial charge in [0.15, 0.2) is 0 Å². The number of benzene rings is 1. The van der Waals surface area contributed by atoms with Crippen molar-refractivity contribution >= 4 is 11.6 Å². The number of aryl methyl sites for hydroxylation is 1. The summed E-state index contributed by atoms with van der Waals surface area (Å²) in [7, 11) is 0. The molecule has 0 spiro atoms. The van der Waals surface area contributed by atoms with Gasteiger partial charge in [0, 0.05) is 11.2 Å². The zero-order chi connectivity index (χ0) is 13.1. The van der Waals surface area contributed by atoms with E-state index in [4.69, 9.17) is 0 Å². The molecule has 1 rings (SSSR count). The SMILES string of the molecule is Cc1cc(NCC(=O)NC(C)(C)C)ccc1F. The third-order valence-corrected chi connectivity index (χ3v) is 2.13. The van der Waals surface area contributed by atoms with Crippen molar-refractivity contribution < 1.29 is 9.18 Å². The molecule has 0 saturated carbocycles. The molecule has 0 aliphatic rings. The van der Waals surface area contributed by atoms with Crippen molar-refractivity contribution in [1.82, 2.24) is 5.32 Å². The lowest BCUT2D eigenvalue weighted by Crippen LogP contribution is -2.43. The number of hydrogen-bond donors (Lipinski definition) is 2. The summed E-state index contributed by atoms with van der Waals surface area (Å²) < 4.78 is 13.0. The van der Waals surface area contributed by atoms with E-state index < -0.39 is 0 Å². The summed E-state index contributed by atoms with van der Waals surface area (Å²) in [5, 5.41) is 5.80. The zero-order valence-corrected chi connectivity index (χ0v) is 10.7. The molecular weight excluding hydrogens is 219 g/mol. The van der Waals surface area contributed by atoms with Gasteiger partial charge in [0.25, 0.3) is 0 Å². The van der Waals surface area contributed by atoms with E-state index in [1.54, 1.807) is 19.1 Å². The second-order valence-electron chi connectivity index (χ2n) is 5.12. The summed E-state index contributed by atoms with van der Waals surface area (Å²) in [6.45, 7) is 7.64. The highest BCUT2D eigenvalue weighted by Gasteiger charge is 2.13. The Bertz CT molecular complexity index is 410. The van der Waals surface area contributed by atoms with E-state index in [9.17, 15) is 9.18 Å². The maximum absolute atomic E-state index is 13.0. The van der Waals surface area contributed by atoms with Gasteiger partial charge in [-0.25, -0.2) is 4.39 Å². The lowest BCUT2D eigenvalue weighted by atomic mass is 10.1. The quantitative estimate of drug-likeness (QED) is 0.849. The molecule has 0 heterocycles. The van der Waals surface area contributed by atoms with Gasteiger partial charge in [0.1, 0.15) is 5.82 Å². The maximum Gasteiger partial charge on any atom is 0.239 e. The Labute approximate surface area is 101 Å². The van der Waals surface area contributed by atoms with Gasteiger partial charge in [-0.05, 0) is 51.5 Å². The topological polar surface area (TPSA) is 41.1 Å². The Kier molecular flexibility index (Phi) is 4.10. The van der Waals surface area contributed by atoms with Crippen molar-refractivity contribution in [2.75, 3.05) is 11.9 Å². The van der Waals surface area contributed by atoms with Crippen LogP contribution in [0.1, 0.15) is 26.3 Å². The molecule has 1 aromatic carbocycles. The third-order valence-electron chi connectivity index (χ3n) is 2.13. The van der Waals surface area contributed by atoms with E-state index in [0.717, 1.165) is 5.69 Å². The molecule has 0 aliphatic carbocycles. The number of halogens is 1. The second kappa shape index (κ2) is 5.17. The minimum atomic E-state index is -0.241. The number of hydrogen-bond acceptors (Lipinski definition) is 2. The van der Waals surface area contributed by atoms with Gasteiger partial charge in [0.2, 0.25) is 5.91 Å². The molecule has 0 aliphatic heterocycles. The van der Waals surface area contributed by atoms with Gasteiger partial charge in [-0.3, -0.25) is 4.79 Å². The van der Waals surface area contributed by atoms with Gasteiger partial charge in [0.05, 0.1) is 6.54 Å². The summed E-state index contributed by atoms with van der Waals surface area (Å²) in [5.41, 5.74) is 1.07. The molecule has 0 radical (unpaired) electrons. The van der Waals surface area contributed by atoms with Gasteiger partial charge < -0.3 is 10.6 Å². The summed E-state index contributed by atoms with van der Waals surface area (Å²) in [5.74, 6) is -0.325. The number of anilines is 1. The minimum absolute atomic E-state index is 0.0838. The van der Waals surface area contributed by atoms with Crippen LogP contribution in [0.2, 0.25) is 0 Å². The summed E-state index contributed by atoms with van der Waals surface area (Å²) in [4.78, 5) is 11.5. The van der Waals surface area contributed by atoms with Crippen LogP contribution in [-0.4, -0.2) is 18.0 Å². The molecule has 0 fully saturated rings. The number of nitrogens with one attached hydrogen (secondary N) is 2. The number of carbonyl (C=O) groups is 1. The third kappa shape index (κ3) is 4.85. The largest absolute Gasteiger partial charge is 0.376 e. The number of amides is 1. The van der Waals surface area contributed by atoms with Crippen LogP contribution in [-0.2, 0) is 4.79 Å². The summed E-state index contributed by atoms with van der Waals surface area (Å²) in [6.07, 6.45) is 0. The van der Waals surface area contributed by atoms with Crippen LogP contribution in [0.25, 0.3) is 0 Å². The van der Waals surface area contributed by atoms with Crippen molar-refractivity contribution in [3.05, 3.63) is 29.6 Å². The number of carbonyl (C=O) groups excluding carboxylic acids is 1. The highest BCUT2D eigenvalue weighted by molar-refractivity contribution is 5.81. The first-order valence-corrected chi connectivity index (χ1v) is 5.59. The molecular formula is C13H19FN2O. The average Bonchev–Trinajstić information content (AvgIpc) is 2.17. The molecule has 94 valence electrons. The normalized spacial score (nSPS) is 11.1. The Hall–Kier alpha value is -1.58. The van der Waals surface area contributed by atoms with Crippen molar-refractivity contribution in [2.24, 2.45) is 0 Å². The standard InChI is InChI=1S/C13H19FN2O/c1-9-7-10(5-6-11(9)14)15-8-12(17)16-13(2,3)4/h5-7,15H,8H2,1-4H3,(H,16,17). The van der Waals surface area contributed by atoms with Crippen LogP contribution in [0.4, 0.5) is 10.1 Å². The lowest BCUT2D eigenvalue weighted by Gasteiger charge is -2.20. The van der Waals surface area contributed by atoms with Crippen LogP contribution >= 0.6 is 0 Å². The van der Waals surface area contributed by atoms with Crippen molar-refractivity contribution in [3.8, 4) is 0 Å². The maximum atomic E-state index is 13.0. The highest BCUT2D eigenvalue weighted by Crippen LogP contribution is 2.13. The van der Waals surface area contributed by atoms with Crippen LogP contribution in [0.3, 0.4) is 0 Å². The predicted molar refractivity (Wildman–Crippen MR) is 67.5 cm³/mol. The van der Waals surface area contributed by atoms with Gasteiger partial charge in [-0.2, -0.15) is 0 Å². The Balaban J connectivity index is 2.50. The fourth-order valence-electron chi connectivity index (χ4n) is 1.40. The molecule has 1 amide bonds. The second-order valence-corrected chi connectivity index (χ2v) is 5.12. The Morgan fingerprint density at radius 1 is 1.35 bits per heavy atom. The summed E-state index contributed by atoms with van der Waals surface area (Å²) >= 11 is 0. The highest BCUT2D eigenvalue weighted by atomic mass is 19.1. The van der Waals surface area contributed by atoms with Crippen LogP contribution in [0.5, 0.6) is 0 Å². The first-order valence-electron chi connectivity index (χ1n) is 5.59. The smallest absolute Gasteiger partial charge is 0.239 e. The molecule has 0 bridgehead atoms. The van der Waals surface area contributed by atoms with E-state index in [1.165, 1.54) is 6.07 Å². The number of rotatable bonds is 3. The van der Waals surface area contributed by atoms with Crippen molar-refractivity contribution in [2.45, 2.75) is 33.2 Å². The molecule has 0 atom stereocenters. The van der Waals surface area contributed by atoms with E-state index in [1.807, 2.05) is 20.8 Å². The van der Waals surface area contributed by atoms with Crippen LogP contribution in [0, 0.1) is 12.7 Å². The molecule has 1 aromatic rings. The Morgan fingerprint density at radius 3 is 2.53 bits per heavy atom. The monoisotopic (exact) mass is 238 g/mol. The van der Waals surface area contributed by atoms with Crippen LogP contribution < -0.4 is 10.6 Å². The van der Waals surface area contributed by atoms with E-state index in [-0.39, 0.29) is 23.8 Å². The van der Waals surface area contributed by atoms with Crippen LogP contribution in [0.15, 0.2) is 18.2 Å². The van der Waals surface area contributed by atoms with E-state index >= 15 is 0 Å². The van der Waals surface area contributed by atoms with Crippen molar-refractivity contribution in [1.29, 1.82) is 0 Å². The zero-order valence-electron chi connectivity index (χ0n) is 10.7. The van der Waals surface area contributed by atoms with E-state index in [2.05, 4.69) is 10.6 Å². The predicted octanol–water partition coefficient (Wildman–Crippen LogP) is 2.46. The average molecular weight is 238 g/mol. The Morgan fingerprint density at radius 2 is 2.00 bits per heavy atom. The molecule has 0 saturated heterocycles. The molecule has 3 nitrogen and oxygen atoms in total. The molecule has 2 N–H and O–H groups in total. The first-order chi connectivity index (χ1) is 7.78. The molecule has 17 heavy (non-hydrogen) atoms. The molecule has 0 unspecified atom stereocenters. The molecule has 4 heteroatoms. The van der Waals surface area contributed by atoms with Gasteiger partial charge in [-0.15, -0.1) is 0 Å². The van der Waals surface area contributed by atoms with Crippen molar-refractivity contribution in [3.63, 3.8) is 0 Å². The lowest BCUT2D eigenvalue weighted by molar-refractivity contribution is -0.120. The van der Waals surface area contributed by atoms with E-state index in [0.29, 0.717) is 5.56 Å². The molecule has 0 aromatic heterocycles. The first kappa shape index (κ1) is 13.5.